The van der Waals surface area contributed by atoms with Gasteiger partial charge in [-0.1, -0.05) is 24.3 Å². The number of benzene rings is 1. The van der Waals surface area contributed by atoms with Crippen LogP contribution in [-0.4, -0.2) is 11.5 Å². The van der Waals surface area contributed by atoms with Gasteiger partial charge in [0.2, 0.25) is 0 Å². The number of aromatic amines is 1. The van der Waals surface area contributed by atoms with E-state index in [2.05, 4.69) is 42.0 Å². The van der Waals surface area contributed by atoms with Crippen LogP contribution >= 0.6 is 0 Å². The predicted molar refractivity (Wildman–Crippen MR) is 77.3 cm³/mol. The van der Waals surface area contributed by atoms with Crippen molar-refractivity contribution in [2.75, 3.05) is 6.54 Å². The maximum absolute atomic E-state index is 5.75. The van der Waals surface area contributed by atoms with Crippen LogP contribution in [0.3, 0.4) is 0 Å². The van der Waals surface area contributed by atoms with Crippen LogP contribution in [0.15, 0.2) is 43.1 Å². The second kappa shape index (κ2) is 4.46. The molecular formula is C16H18N2. The third-order valence-electron chi connectivity index (χ3n) is 3.79. The molecule has 0 spiro atoms. The van der Waals surface area contributed by atoms with Crippen LogP contribution in [0.1, 0.15) is 17.5 Å². The number of nitrogens with one attached hydrogen (secondary N) is 1. The molecule has 0 bridgehead atoms. The molecule has 0 radical (unpaired) electrons. The topological polar surface area (TPSA) is 41.8 Å². The fraction of sp³-hybridized carbons (Fsp3) is 0.250. The molecule has 3 N–H and O–H groups in total. The minimum atomic E-state index is 0.274. The molecule has 0 saturated heterocycles. The van der Waals surface area contributed by atoms with Crippen molar-refractivity contribution in [3.63, 3.8) is 0 Å². The summed E-state index contributed by atoms with van der Waals surface area (Å²) in [5.41, 5.74) is 11.2. The van der Waals surface area contributed by atoms with Gasteiger partial charge in [-0.15, -0.1) is 6.58 Å². The molecule has 0 amide bonds. The minimum Gasteiger partial charge on any atom is -0.361 e. The maximum atomic E-state index is 5.75. The molecule has 0 aliphatic heterocycles. The van der Waals surface area contributed by atoms with E-state index >= 15 is 0 Å². The molecule has 1 aromatic heterocycles. The molecule has 1 heterocycles. The lowest BCUT2D eigenvalue weighted by molar-refractivity contribution is 0.818. The van der Waals surface area contributed by atoms with Gasteiger partial charge in [0.1, 0.15) is 0 Å². The first-order valence-corrected chi connectivity index (χ1v) is 6.46. The zero-order valence-corrected chi connectivity index (χ0v) is 10.4. The first-order chi connectivity index (χ1) is 8.83. The molecule has 1 aromatic carbocycles. The van der Waals surface area contributed by atoms with Gasteiger partial charge in [-0.2, -0.15) is 0 Å². The number of aryl methyl sites for hydroxylation is 1. The van der Waals surface area contributed by atoms with Crippen molar-refractivity contribution in [1.29, 1.82) is 0 Å². The molecule has 1 aliphatic carbocycles. The van der Waals surface area contributed by atoms with E-state index in [9.17, 15) is 0 Å². The number of aromatic nitrogens is 1. The van der Waals surface area contributed by atoms with Crippen molar-refractivity contribution in [2.24, 2.45) is 11.7 Å². The highest BCUT2D eigenvalue weighted by atomic mass is 14.7. The average molecular weight is 238 g/mol. The van der Waals surface area contributed by atoms with E-state index in [1.807, 2.05) is 6.08 Å². The maximum Gasteiger partial charge on any atom is 0.0462 e. The van der Waals surface area contributed by atoms with Crippen LogP contribution in [0.4, 0.5) is 0 Å². The highest BCUT2D eigenvalue weighted by molar-refractivity contribution is 5.96. The average Bonchev–Trinajstić information content (AvgIpc) is 2.83. The molecule has 3 rings (SSSR count). The van der Waals surface area contributed by atoms with Gasteiger partial charge in [0.05, 0.1) is 0 Å². The van der Waals surface area contributed by atoms with E-state index in [1.165, 1.54) is 27.6 Å². The second-order valence-corrected chi connectivity index (χ2v) is 4.87. The Bertz CT molecular complexity index is 619. The SMILES string of the molecule is C=CC(/C=C1\CCc2c[nH]c3cccc1c23)CN. The van der Waals surface area contributed by atoms with Gasteiger partial charge in [0, 0.05) is 29.6 Å². The standard InChI is InChI=1S/C16H18N2/c1-2-11(9-17)8-12-6-7-13-10-18-15-5-3-4-14(12)16(13)15/h2-5,8,10-11,18H,1,6-7,9,17H2/b12-8+. The van der Waals surface area contributed by atoms with E-state index < -0.39 is 0 Å². The summed E-state index contributed by atoms with van der Waals surface area (Å²) in [5.74, 6) is 0.274. The minimum absolute atomic E-state index is 0.274. The summed E-state index contributed by atoms with van der Waals surface area (Å²) < 4.78 is 0. The molecule has 2 nitrogen and oxygen atoms in total. The highest BCUT2D eigenvalue weighted by Gasteiger charge is 2.17. The summed E-state index contributed by atoms with van der Waals surface area (Å²) in [6.07, 6.45) is 8.54. The summed E-state index contributed by atoms with van der Waals surface area (Å²) >= 11 is 0. The van der Waals surface area contributed by atoms with Crippen LogP contribution in [0.5, 0.6) is 0 Å². The van der Waals surface area contributed by atoms with Gasteiger partial charge >= 0.3 is 0 Å². The number of hydrogen-bond acceptors (Lipinski definition) is 1. The van der Waals surface area contributed by atoms with E-state index in [-0.39, 0.29) is 5.92 Å². The van der Waals surface area contributed by atoms with Crippen molar-refractivity contribution >= 4 is 16.5 Å². The van der Waals surface area contributed by atoms with Crippen molar-refractivity contribution in [3.8, 4) is 0 Å². The van der Waals surface area contributed by atoms with Gasteiger partial charge in [-0.3, -0.25) is 0 Å². The van der Waals surface area contributed by atoms with Gasteiger partial charge in [0.15, 0.2) is 0 Å². The van der Waals surface area contributed by atoms with E-state index in [1.54, 1.807) is 0 Å². The summed E-state index contributed by atoms with van der Waals surface area (Å²) in [6.45, 7) is 4.48. The molecule has 0 saturated carbocycles. The summed E-state index contributed by atoms with van der Waals surface area (Å²) in [6, 6.07) is 6.46. The largest absolute Gasteiger partial charge is 0.361 e. The van der Waals surface area contributed by atoms with Crippen LogP contribution in [-0.2, 0) is 6.42 Å². The van der Waals surface area contributed by atoms with Gasteiger partial charge in [-0.25, -0.2) is 0 Å². The number of allylic oxidation sites excluding steroid dienone is 1. The highest BCUT2D eigenvalue weighted by Crippen LogP contribution is 2.36. The lowest BCUT2D eigenvalue weighted by atomic mass is 9.86. The first kappa shape index (κ1) is 11.3. The molecule has 92 valence electrons. The zero-order valence-electron chi connectivity index (χ0n) is 10.4. The third kappa shape index (κ3) is 1.70. The molecule has 2 aromatic rings. The van der Waals surface area contributed by atoms with Crippen molar-refractivity contribution in [3.05, 3.63) is 54.3 Å². The number of hydrogen-bond donors (Lipinski definition) is 2. The van der Waals surface area contributed by atoms with Crippen LogP contribution < -0.4 is 5.73 Å². The monoisotopic (exact) mass is 238 g/mol. The lowest BCUT2D eigenvalue weighted by Crippen LogP contribution is -2.10. The predicted octanol–water partition coefficient (Wildman–Crippen LogP) is 3.26. The summed E-state index contributed by atoms with van der Waals surface area (Å²) in [7, 11) is 0. The molecule has 18 heavy (non-hydrogen) atoms. The molecule has 1 atom stereocenters. The fourth-order valence-electron chi connectivity index (χ4n) is 2.79. The van der Waals surface area contributed by atoms with E-state index in [0.29, 0.717) is 6.54 Å². The number of H-pyrrole nitrogens is 1. The van der Waals surface area contributed by atoms with Crippen molar-refractivity contribution < 1.29 is 0 Å². The number of nitrogens with two attached hydrogens (primary N) is 1. The lowest BCUT2D eigenvalue weighted by Gasteiger charge is -2.18. The van der Waals surface area contributed by atoms with Crippen molar-refractivity contribution in [1.82, 2.24) is 4.98 Å². The molecular weight excluding hydrogens is 220 g/mol. The van der Waals surface area contributed by atoms with E-state index in [0.717, 1.165) is 12.8 Å². The fourth-order valence-corrected chi connectivity index (χ4v) is 2.79. The Morgan fingerprint density at radius 2 is 2.28 bits per heavy atom. The van der Waals surface area contributed by atoms with Crippen LogP contribution in [0, 0.1) is 5.92 Å². The molecule has 1 aliphatic rings. The smallest absolute Gasteiger partial charge is 0.0462 e. The Labute approximate surface area is 107 Å². The van der Waals surface area contributed by atoms with Gasteiger partial charge in [0.25, 0.3) is 0 Å². The van der Waals surface area contributed by atoms with Gasteiger partial charge < -0.3 is 10.7 Å². The number of rotatable bonds is 3. The Balaban J connectivity index is 2.15. The molecule has 2 heteroatoms. The van der Waals surface area contributed by atoms with Crippen molar-refractivity contribution in [2.45, 2.75) is 12.8 Å². The van der Waals surface area contributed by atoms with Crippen LogP contribution in [0.25, 0.3) is 16.5 Å². The third-order valence-corrected chi connectivity index (χ3v) is 3.79. The summed E-state index contributed by atoms with van der Waals surface area (Å²) in [5, 5.41) is 1.38. The molecule has 1 unspecified atom stereocenters. The Kier molecular flexibility index (Phi) is 2.80. The Hall–Kier alpha value is -1.80. The summed E-state index contributed by atoms with van der Waals surface area (Å²) in [4.78, 5) is 3.35. The van der Waals surface area contributed by atoms with Crippen LogP contribution in [0.2, 0.25) is 0 Å². The van der Waals surface area contributed by atoms with E-state index in [4.69, 9.17) is 5.73 Å². The quantitative estimate of drug-likeness (QED) is 0.792. The normalized spacial score (nSPS) is 18.2. The Morgan fingerprint density at radius 3 is 3.06 bits per heavy atom. The molecule has 0 fully saturated rings. The second-order valence-electron chi connectivity index (χ2n) is 4.87. The van der Waals surface area contributed by atoms with Gasteiger partial charge in [-0.05, 0) is 35.6 Å². The zero-order chi connectivity index (χ0) is 12.5. The first-order valence-electron chi connectivity index (χ1n) is 6.46. The Morgan fingerprint density at radius 1 is 1.39 bits per heavy atom.